The van der Waals surface area contributed by atoms with Gasteiger partial charge in [-0.1, -0.05) is 15.9 Å². The van der Waals surface area contributed by atoms with E-state index < -0.39 is 11.6 Å². The van der Waals surface area contributed by atoms with Gasteiger partial charge in [-0.25, -0.2) is 8.78 Å². The molecule has 1 fully saturated rings. The van der Waals surface area contributed by atoms with Crippen LogP contribution in [-0.4, -0.2) is 29.2 Å². The molecule has 0 aromatic heterocycles. The number of piperidine rings is 1. The Morgan fingerprint density at radius 3 is 2.83 bits per heavy atom. The van der Waals surface area contributed by atoms with Crippen molar-refractivity contribution in [2.75, 3.05) is 18.4 Å². The van der Waals surface area contributed by atoms with Gasteiger partial charge in [0.25, 0.3) is 5.91 Å². The minimum absolute atomic E-state index is 0.212. The highest BCUT2D eigenvalue weighted by atomic mass is 79.9. The second-order valence-corrected chi connectivity index (χ2v) is 5.19. The summed E-state index contributed by atoms with van der Waals surface area (Å²) in [6, 6.07) is 3.29. The first-order valence-electron chi connectivity index (χ1n) is 5.92. The fourth-order valence-electron chi connectivity index (χ4n) is 2.19. The van der Waals surface area contributed by atoms with Crippen LogP contribution in [0.25, 0.3) is 0 Å². The Labute approximate surface area is 113 Å². The third-order valence-electron chi connectivity index (χ3n) is 3.19. The van der Waals surface area contributed by atoms with Crippen molar-refractivity contribution < 1.29 is 13.6 Å². The van der Waals surface area contributed by atoms with Crippen LogP contribution in [0.5, 0.6) is 0 Å². The molecule has 1 unspecified atom stereocenters. The van der Waals surface area contributed by atoms with E-state index in [0.717, 1.165) is 30.3 Å². The van der Waals surface area contributed by atoms with Crippen LogP contribution in [0.1, 0.15) is 23.2 Å². The molecule has 2 rings (SSSR count). The highest BCUT2D eigenvalue weighted by Crippen LogP contribution is 2.20. The first-order chi connectivity index (χ1) is 8.61. The molecule has 1 aliphatic heterocycles. The molecule has 1 aliphatic rings. The molecule has 1 saturated heterocycles. The quantitative estimate of drug-likeness (QED) is 0.767. The Hall–Kier alpha value is -0.970. The number of rotatable bonds is 2. The third kappa shape index (κ3) is 2.88. The van der Waals surface area contributed by atoms with Crippen LogP contribution in [0.3, 0.4) is 0 Å². The molecule has 0 aliphatic carbocycles. The van der Waals surface area contributed by atoms with E-state index in [1.165, 1.54) is 6.07 Å². The van der Waals surface area contributed by atoms with Gasteiger partial charge in [-0.15, -0.1) is 0 Å². The van der Waals surface area contributed by atoms with Crippen LogP contribution < -0.4 is 0 Å². The van der Waals surface area contributed by atoms with Crippen LogP contribution in [0.15, 0.2) is 18.2 Å². The number of benzene rings is 1. The maximum absolute atomic E-state index is 13.1. The fourth-order valence-corrected chi connectivity index (χ4v) is 2.72. The van der Waals surface area contributed by atoms with E-state index in [4.69, 9.17) is 0 Å². The topological polar surface area (TPSA) is 20.3 Å². The third-order valence-corrected chi connectivity index (χ3v) is 4.11. The van der Waals surface area contributed by atoms with Crippen molar-refractivity contribution >= 4 is 21.8 Å². The number of nitrogens with zero attached hydrogens (tertiary/aromatic N) is 1. The average Bonchev–Trinajstić information content (AvgIpc) is 2.41. The van der Waals surface area contributed by atoms with Gasteiger partial charge in [0.1, 0.15) is 0 Å². The van der Waals surface area contributed by atoms with E-state index in [9.17, 15) is 13.6 Å². The molecule has 0 radical (unpaired) electrons. The molecule has 0 N–H and O–H groups in total. The SMILES string of the molecule is O=C(c1ccc(F)c(F)c1)N1CCCC(CBr)C1. The van der Waals surface area contributed by atoms with Crippen LogP contribution in [0.4, 0.5) is 8.78 Å². The second-order valence-electron chi connectivity index (χ2n) is 4.54. The van der Waals surface area contributed by atoms with Crippen LogP contribution in [0.2, 0.25) is 0 Å². The predicted octanol–water partition coefficient (Wildman–Crippen LogP) is 3.21. The van der Waals surface area contributed by atoms with Gasteiger partial charge in [0.2, 0.25) is 0 Å². The maximum Gasteiger partial charge on any atom is 0.253 e. The minimum atomic E-state index is -0.977. The van der Waals surface area contributed by atoms with Gasteiger partial charge in [0, 0.05) is 24.0 Å². The lowest BCUT2D eigenvalue weighted by Crippen LogP contribution is -2.40. The summed E-state index contributed by atoms with van der Waals surface area (Å²) < 4.78 is 25.9. The molecular formula is C13H14BrF2NO. The molecule has 1 aromatic rings. The molecule has 1 heterocycles. The Balaban J connectivity index is 2.12. The number of carbonyl (C=O) groups excluding carboxylic acids is 1. The summed E-state index contributed by atoms with van der Waals surface area (Å²) in [6.07, 6.45) is 2.04. The zero-order chi connectivity index (χ0) is 13.1. The Bertz CT molecular complexity index is 453. The molecule has 1 amide bonds. The summed E-state index contributed by atoms with van der Waals surface area (Å²) in [7, 11) is 0. The first-order valence-corrected chi connectivity index (χ1v) is 7.04. The number of hydrogen-bond acceptors (Lipinski definition) is 1. The monoisotopic (exact) mass is 317 g/mol. The lowest BCUT2D eigenvalue weighted by molar-refractivity contribution is 0.0685. The summed E-state index contributed by atoms with van der Waals surface area (Å²) in [4.78, 5) is 13.9. The van der Waals surface area contributed by atoms with Crippen LogP contribution >= 0.6 is 15.9 Å². The Morgan fingerprint density at radius 1 is 1.39 bits per heavy atom. The van der Waals surface area contributed by atoms with E-state index in [0.29, 0.717) is 19.0 Å². The molecular weight excluding hydrogens is 304 g/mol. The number of likely N-dealkylation sites (tertiary alicyclic amines) is 1. The summed E-state index contributed by atoms with van der Waals surface area (Å²) in [5, 5.41) is 0.856. The van der Waals surface area contributed by atoms with Crippen molar-refractivity contribution in [2.24, 2.45) is 5.92 Å². The van der Waals surface area contributed by atoms with E-state index in [-0.39, 0.29) is 11.5 Å². The molecule has 0 spiro atoms. The molecule has 18 heavy (non-hydrogen) atoms. The standard InChI is InChI=1S/C13H14BrF2NO/c14-7-9-2-1-5-17(8-9)13(18)10-3-4-11(15)12(16)6-10/h3-4,6,9H,1-2,5,7-8H2. The van der Waals surface area contributed by atoms with E-state index in [2.05, 4.69) is 15.9 Å². The molecule has 0 bridgehead atoms. The van der Waals surface area contributed by atoms with Gasteiger partial charge in [-0.3, -0.25) is 4.79 Å². The van der Waals surface area contributed by atoms with Gasteiger partial charge < -0.3 is 4.90 Å². The number of alkyl halides is 1. The second kappa shape index (κ2) is 5.78. The predicted molar refractivity (Wildman–Crippen MR) is 68.8 cm³/mol. The molecule has 5 heteroatoms. The maximum atomic E-state index is 13.1. The lowest BCUT2D eigenvalue weighted by atomic mass is 9.99. The first kappa shape index (κ1) is 13.5. The molecule has 98 valence electrons. The zero-order valence-corrected chi connectivity index (χ0v) is 11.4. The Morgan fingerprint density at radius 2 is 2.17 bits per heavy atom. The minimum Gasteiger partial charge on any atom is -0.338 e. The van der Waals surface area contributed by atoms with Gasteiger partial charge in [0.15, 0.2) is 11.6 Å². The van der Waals surface area contributed by atoms with Gasteiger partial charge in [0.05, 0.1) is 0 Å². The highest BCUT2D eigenvalue weighted by molar-refractivity contribution is 9.09. The summed E-state index contributed by atoms with van der Waals surface area (Å²) >= 11 is 3.42. The lowest BCUT2D eigenvalue weighted by Gasteiger charge is -2.32. The van der Waals surface area contributed by atoms with Crippen molar-refractivity contribution in [1.82, 2.24) is 4.90 Å². The number of amides is 1. The molecule has 1 aromatic carbocycles. The highest BCUT2D eigenvalue weighted by Gasteiger charge is 2.24. The van der Waals surface area contributed by atoms with Crippen molar-refractivity contribution in [2.45, 2.75) is 12.8 Å². The van der Waals surface area contributed by atoms with Crippen molar-refractivity contribution in [3.8, 4) is 0 Å². The van der Waals surface area contributed by atoms with Crippen LogP contribution in [0, 0.1) is 17.6 Å². The van der Waals surface area contributed by atoms with E-state index in [1.54, 1.807) is 4.90 Å². The summed E-state index contributed by atoms with van der Waals surface area (Å²) in [5.74, 6) is -1.69. The smallest absolute Gasteiger partial charge is 0.253 e. The zero-order valence-electron chi connectivity index (χ0n) is 9.83. The fraction of sp³-hybridized carbons (Fsp3) is 0.462. The van der Waals surface area contributed by atoms with Gasteiger partial charge in [-0.2, -0.15) is 0 Å². The summed E-state index contributed by atoms with van der Waals surface area (Å²) in [5.41, 5.74) is 0.212. The van der Waals surface area contributed by atoms with Crippen molar-refractivity contribution in [3.63, 3.8) is 0 Å². The largest absolute Gasteiger partial charge is 0.338 e. The number of hydrogen-bond donors (Lipinski definition) is 0. The van der Waals surface area contributed by atoms with E-state index >= 15 is 0 Å². The normalized spacial score (nSPS) is 19.9. The Kier molecular flexibility index (Phi) is 4.32. The molecule has 1 atom stereocenters. The number of halogens is 3. The van der Waals surface area contributed by atoms with Crippen molar-refractivity contribution in [1.29, 1.82) is 0 Å². The van der Waals surface area contributed by atoms with Crippen LogP contribution in [-0.2, 0) is 0 Å². The molecule has 2 nitrogen and oxygen atoms in total. The van der Waals surface area contributed by atoms with Crippen molar-refractivity contribution in [3.05, 3.63) is 35.4 Å². The van der Waals surface area contributed by atoms with Gasteiger partial charge in [-0.05, 0) is 37.0 Å². The van der Waals surface area contributed by atoms with Gasteiger partial charge >= 0.3 is 0 Å². The van der Waals surface area contributed by atoms with E-state index in [1.807, 2.05) is 0 Å². The number of carbonyl (C=O) groups is 1. The average molecular weight is 318 g/mol. The molecule has 0 saturated carbocycles. The summed E-state index contributed by atoms with van der Waals surface area (Å²) in [6.45, 7) is 1.35.